The number of hydrogen-bond acceptors (Lipinski definition) is 3. The minimum atomic E-state index is -0.604. The highest BCUT2D eigenvalue weighted by Gasteiger charge is 2.06. The summed E-state index contributed by atoms with van der Waals surface area (Å²) in [5.41, 5.74) is 0. The molecule has 0 aliphatic heterocycles. The van der Waals surface area contributed by atoms with Gasteiger partial charge in [-0.25, -0.2) is 4.79 Å². The number of hydrogen-bond donors (Lipinski definition) is 0. The fourth-order valence-electron chi connectivity index (χ4n) is 0.372. The van der Waals surface area contributed by atoms with Crippen molar-refractivity contribution >= 4 is 6.16 Å². The van der Waals surface area contributed by atoms with Gasteiger partial charge in [-0.1, -0.05) is 6.92 Å². The molecule has 0 spiro atoms. The first kappa shape index (κ1) is 9.27. The summed E-state index contributed by atoms with van der Waals surface area (Å²) in [6, 6.07) is 0. The van der Waals surface area contributed by atoms with Crippen molar-refractivity contribution in [2.75, 3.05) is 6.61 Å². The lowest BCUT2D eigenvalue weighted by Gasteiger charge is -2.08. The van der Waals surface area contributed by atoms with Crippen molar-refractivity contribution in [1.29, 1.82) is 0 Å². The maximum atomic E-state index is 10.5. The van der Waals surface area contributed by atoms with Gasteiger partial charge in [-0.2, -0.15) is 0 Å². The summed E-state index contributed by atoms with van der Waals surface area (Å²) < 4.78 is 9.26. The van der Waals surface area contributed by atoms with Crippen molar-refractivity contribution in [2.24, 2.45) is 0 Å². The zero-order valence-electron chi connectivity index (χ0n) is 6.59. The van der Waals surface area contributed by atoms with Gasteiger partial charge in [0.25, 0.3) is 0 Å². The van der Waals surface area contributed by atoms with Gasteiger partial charge in [0.05, 0.1) is 6.61 Å². The topological polar surface area (TPSA) is 35.5 Å². The van der Waals surface area contributed by atoms with E-state index in [9.17, 15) is 4.79 Å². The van der Waals surface area contributed by atoms with E-state index in [0.29, 0.717) is 6.61 Å². The average molecular weight is 145 g/mol. The molecule has 0 aromatic heterocycles. The fourth-order valence-corrected chi connectivity index (χ4v) is 0.372. The van der Waals surface area contributed by atoms with Gasteiger partial charge in [-0.05, 0) is 20.3 Å². The molecule has 3 heteroatoms. The monoisotopic (exact) mass is 145 g/mol. The Kier molecular flexibility index (Phi) is 4.72. The lowest BCUT2D eigenvalue weighted by Crippen LogP contribution is -2.15. The molecule has 0 fully saturated rings. The predicted molar refractivity (Wildman–Crippen MR) is 37.5 cm³/mol. The van der Waals surface area contributed by atoms with Crippen LogP contribution >= 0.6 is 0 Å². The van der Waals surface area contributed by atoms with Gasteiger partial charge in [0, 0.05) is 0 Å². The van der Waals surface area contributed by atoms with Crippen molar-refractivity contribution < 1.29 is 14.3 Å². The van der Waals surface area contributed by atoms with Crippen LogP contribution in [0.25, 0.3) is 0 Å². The van der Waals surface area contributed by atoms with Gasteiger partial charge in [-0.15, -0.1) is 0 Å². The summed E-state index contributed by atoms with van der Waals surface area (Å²) in [6.45, 7) is 5.69. The van der Waals surface area contributed by atoms with Gasteiger partial charge in [0.1, 0.15) is 6.10 Å². The molecule has 0 aliphatic carbocycles. The molecule has 59 valence electrons. The smallest absolute Gasteiger partial charge is 0.435 e. The Hall–Kier alpha value is -0.730. The van der Waals surface area contributed by atoms with E-state index < -0.39 is 6.16 Å². The van der Waals surface area contributed by atoms with Crippen LogP contribution in [0.2, 0.25) is 0 Å². The molecule has 0 unspecified atom stereocenters. The number of rotatable bonds is 3. The maximum absolute atomic E-state index is 10.5. The lowest BCUT2D eigenvalue weighted by atomic mass is 10.3. The van der Waals surface area contributed by atoms with Crippen LogP contribution in [0.4, 0.5) is 4.79 Å². The first-order chi connectivity index (χ1) is 4.70. The summed E-state index contributed by atoms with van der Waals surface area (Å²) in [5, 5.41) is 0. The van der Waals surface area contributed by atoms with Crippen LogP contribution in [0.15, 0.2) is 0 Å². The van der Waals surface area contributed by atoms with E-state index in [1.807, 2.05) is 6.92 Å². The zero-order chi connectivity index (χ0) is 7.98. The van der Waals surface area contributed by atoms with Crippen LogP contribution in [-0.2, 0) is 9.47 Å². The van der Waals surface area contributed by atoms with Crippen molar-refractivity contribution in [1.82, 2.24) is 0 Å². The zero-order valence-corrected chi connectivity index (χ0v) is 6.59. The van der Waals surface area contributed by atoms with E-state index in [0.717, 1.165) is 0 Å². The van der Waals surface area contributed by atoms with E-state index in [1.165, 1.54) is 0 Å². The van der Waals surface area contributed by atoms with Crippen LogP contribution < -0.4 is 0 Å². The summed E-state index contributed by atoms with van der Waals surface area (Å²) in [6.07, 6.45) is 1.00. The van der Waals surface area contributed by atoms with Gasteiger partial charge in [-0.3, -0.25) is 0 Å². The summed E-state index contributed by atoms with van der Waals surface area (Å²) in [7, 11) is 0. The predicted octanol–water partition coefficient (Wildman–Crippen LogP) is 1.77. The number of carbonyl (C=O) groups excluding carboxylic acids is 1. The third-order valence-electron chi connectivity index (χ3n) is 1.01. The average Bonchev–Trinajstić information content (AvgIpc) is 1.88. The second kappa shape index (κ2) is 5.09. The number of ether oxygens (including phenoxy) is 2. The molecule has 1 radical (unpaired) electrons. The van der Waals surface area contributed by atoms with Gasteiger partial charge in [0.15, 0.2) is 0 Å². The quantitative estimate of drug-likeness (QED) is 0.568. The Morgan fingerprint density at radius 3 is 2.70 bits per heavy atom. The second-order valence-corrected chi connectivity index (χ2v) is 1.84. The standard InChI is InChI=1S/C7H13O3/c1-4-6(3)10-7(8)9-5-2/h4,6H,5H2,1-3H3/t6-/m1/s1. The minimum absolute atomic E-state index is 0.168. The highest BCUT2D eigenvalue weighted by Crippen LogP contribution is 1.96. The molecule has 0 aromatic rings. The summed E-state index contributed by atoms with van der Waals surface area (Å²) in [4.78, 5) is 10.5. The van der Waals surface area contributed by atoms with E-state index in [2.05, 4.69) is 4.74 Å². The maximum Gasteiger partial charge on any atom is 0.508 e. The molecule has 0 amide bonds. The molecule has 0 saturated heterocycles. The van der Waals surface area contributed by atoms with Crippen LogP contribution in [0.1, 0.15) is 20.8 Å². The molecule has 3 nitrogen and oxygen atoms in total. The van der Waals surface area contributed by atoms with Crippen LogP contribution in [0.5, 0.6) is 0 Å². The Bertz CT molecular complexity index is 101. The normalized spacial score (nSPS) is 12.3. The van der Waals surface area contributed by atoms with E-state index in [-0.39, 0.29) is 6.10 Å². The van der Waals surface area contributed by atoms with E-state index >= 15 is 0 Å². The first-order valence-corrected chi connectivity index (χ1v) is 3.33. The van der Waals surface area contributed by atoms with Crippen molar-refractivity contribution in [3.63, 3.8) is 0 Å². The fraction of sp³-hybridized carbons (Fsp3) is 0.714. The molecule has 1 atom stereocenters. The lowest BCUT2D eigenvalue weighted by molar-refractivity contribution is 0.0414. The molecule has 0 rings (SSSR count). The molecule has 10 heavy (non-hydrogen) atoms. The van der Waals surface area contributed by atoms with Crippen molar-refractivity contribution in [3.05, 3.63) is 6.42 Å². The molecule has 0 saturated carbocycles. The Morgan fingerprint density at radius 1 is 1.70 bits per heavy atom. The third-order valence-corrected chi connectivity index (χ3v) is 1.01. The third kappa shape index (κ3) is 4.18. The minimum Gasteiger partial charge on any atom is -0.435 e. The highest BCUT2D eigenvalue weighted by molar-refractivity contribution is 5.60. The van der Waals surface area contributed by atoms with Gasteiger partial charge >= 0.3 is 6.16 Å². The summed E-state index contributed by atoms with van der Waals surface area (Å²) >= 11 is 0. The van der Waals surface area contributed by atoms with Crippen LogP contribution in [0.3, 0.4) is 0 Å². The van der Waals surface area contributed by atoms with Crippen molar-refractivity contribution in [2.45, 2.75) is 26.9 Å². The molecular weight excluding hydrogens is 132 g/mol. The second-order valence-electron chi connectivity index (χ2n) is 1.84. The SMILES string of the molecule is C[CH][C@@H](C)OC(=O)OCC. The van der Waals surface area contributed by atoms with Crippen LogP contribution in [0, 0.1) is 6.42 Å². The highest BCUT2D eigenvalue weighted by atomic mass is 16.7. The molecule has 0 aromatic carbocycles. The Morgan fingerprint density at radius 2 is 2.30 bits per heavy atom. The largest absolute Gasteiger partial charge is 0.508 e. The Balaban J connectivity index is 3.37. The summed E-state index contributed by atoms with van der Waals surface area (Å²) in [5.74, 6) is 0. The van der Waals surface area contributed by atoms with Gasteiger partial charge in [0.2, 0.25) is 0 Å². The molecule has 0 aliphatic rings. The molecular formula is C7H13O3. The first-order valence-electron chi connectivity index (χ1n) is 3.33. The molecule has 0 bridgehead atoms. The molecule has 0 heterocycles. The number of carbonyl (C=O) groups is 1. The van der Waals surface area contributed by atoms with Crippen molar-refractivity contribution in [3.8, 4) is 0 Å². The van der Waals surface area contributed by atoms with Gasteiger partial charge < -0.3 is 9.47 Å². The Labute approximate surface area is 61.3 Å². The molecule has 0 N–H and O–H groups in total. The van der Waals surface area contributed by atoms with Crippen LogP contribution in [-0.4, -0.2) is 18.9 Å². The van der Waals surface area contributed by atoms with E-state index in [4.69, 9.17) is 4.74 Å². The van der Waals surface area contributed by atoms with E-state index in [1.54, 1.807) is 20.3 Å².